The molecule has 16 heteroatoms. The topological polar surface area (TPSA) is 272 Å². The predicted molar refractivity (Wildman–Crippen MR) is 266 cm³/mol. The Bertz CT molecular complexity index is 3820. The first-order valence-electron chi connectivity index (χ1n) is 23.6. The Labute approximate surface area is 408 Å². The van der Waals surface area contributed by atoms with Crippen molar-refractivity contribution < 1.29 is 69.1 Å². The molecule has 72 heavy (non-hydrogen) atoms. The average molecular weight is 979 g/mol. The van der Waals surface area contributed by atoms with Crippen LogP contribution in [0.3, 0.4) is 0 Å². The molecule has 370 valence electrons. The fourth-order valence-corrected chi connectivity index (χ4v) is 14.2. The van der Waals surface area contributed by atoms with Gasteiger partial charge in [0.2, 0.25) is 0 Å². The number of benzene rings is 8. The van der Waals surface area contributed by atoms with Gasteiger partial charge in [0.15, 0.2) is 34.4 Å². The average Bonchev–Trinajstić information content (AvgIpc) is 3.77. The molecule has 4 aliphatic rings. The summed E-state index contributed by atoms with van der Waals surface area (Å²) in [6.07, 6.45) is 1.60. The van der Waals surface area contributed by atoms with Gasteiger partial charge >= 0.3 is 17.9 Å². The highest BCUT2D eigenvalue weighted by molar-refractivity contribution is 6.52. The molecule has 8 aromatic rings. The standard InChI is InChI=1S/C30H16O8.C26H34O8/c1-7-3-9(31)19-23-15(7)16-8(2)4-10(32)20-24(16)28-26-18(12(34)6-14(36)22(26)30(20)38)17-11(33)5-13(35)21(29(19)37)25(17)27(23)28;1-12-10-25-13(2)8-19-20(24(19,6)7)18(21(25)30)9-17(11-32-14(3)27)23(34-16(5)29)26(25,31)22(12)33-15(4)28/h3-6,33-38H,1-2H3;9-10,13,18-20,22-23,31H,8,11H2,1-7H3/t;13-,18+,19-,20+,22+,23-,25+,26-/m.1/s1. The minimum absolute atomic E-state index is 0.0379. The van der Waals surface area contributed by atoms with Crippen LogP contribution in [-0.2, 0) is 33.4 Å². The van der Waals surface area contributed by atoms with Crippen LogP contribution in [0, 0.1) is 48.3 Å². The number of ether oxygens (including phenoxy) is 3. The van der Waals surface area contributed by atoms with E-state index in [0.717, 1.165) is 12.1 Å². The summed E-state index contributed by atoms with van der Waals surface area (Å²) >= 11 is 0. The van der Waals surface area contributed by atoms with Gasteiger partial charge in [-0.05, 0) is 90.0 Å². The Hall–Kier alpha value is -7.72. The Balaban J connectivity index is 0.000000157. The van der Waals surface area contributed by atoms with Crippen molar-refractivity contribution in [2.24, 2.45) is 34.5 Å². The van der Waals surface area contributed by atoms with Crippen LogP contribution in [-0.4, -0.2) is 83.9 Å². The van der Waals surface area contributed by atoms with E-state index in [1.807, 2.05) is 6.92 Å². The van der Waals surface area contributed by atoms with E-state index in [9.17, 15) is 64.5 Å². The van der Waals surface area contributed by atoms with Crippen LogP contribution in [0.5, 0.6) is 34.5 Å². The summed E-state index contributed by atoms with van der Waals surface area (Å²) in [5.41, 5.74) is -2.59. The maximum Gasteiger partial charge on any atom is 0.303 e. The molecule has 8 atom stereocenters. The van der Waals surface area contributed by atoms with Gasteiger partial charge in [-0.15, -0.1) is 0 Å². The van der Waals surface area contributed by atoms with Crippen LogP contribution < -0.4 is 10.9 Å². The number of esters is 3. The van der Waals surface area contributed by atoms with Gasteiger partial charge in [0, 0.05) is 87.5 Å². The number of aromatic hydroxyl groups is 6. The normalized spacial score (nSPS) is 26.4. The second kappa shape index (κ2) is 14.7. The summed E-state index contributed by atoms with van der Waals surface area (Å²) in [4.78, 5) is 77.2. The molecule has 2 fully saturated rings. The molecule has 2 saturated carbocycles. The zero-order valence-electron chi connectivity index (χ0n) is 40.6. The molecule has 4 aliphatic carbocycles. The predicted octanol–water partition coefficient (Wildman–Crippen LogP) is 7.61. The van der Waals surface area contributed by atoms with Crippen LogP contribution in [0.4, 0.5) is 0 Å². The molecule has 7 N–H and O–H groups in total. The van der Waals surface area contributed by atoms with Crippen molar-refractivity contribution in [2.75, 3.05) is 6.61 Å². The van der Waals surface area contributed by atoms with Crippen molar-refractivity contribution in [2.45, 2.75) is 86.5 Å². The SMILES string of the molecule is CC(=O)OCC1=C[C@@H]2C(=O)[C@]3(C=C(C)[C@H](OC(C)=O)[C@@]3(O)[C@@H]1OC(C)=O)[C@H](C)C[C@@H]1[C@H]2C1(C)C.Cc1cc(=O)c2c(O)c3c(O)cc(O)c4c5c(O)cc(O)c6c(O)c7c(=O)cc(C)c8c1c2c(c34)c(c65)c78. The van der Waals surface area contributed by atoms with Crippen molar-refractivity contribution in [1.29, 1.82) is 0 Å². The van der Waals surface area contributed by atoms with E-state index in [2.05, 4.69) is 13.8 Å². The van der Waals surface area contributed by atoms with Crippen LogP contribution in [0.1, 0.15) is 66.0 Å². The second-order valence-corrected chi connectivity index (χ2v) is 21.2. The van der Waals surface area contributed by atoms with Gasteiger partial charge in [0.25, 0.3) is 0 Å². The number of hydrogen-bond donors (Lipinski definition) is 7. The molecule has 0 amide bonds. The lowest BCUT2D eigenvalue weighted by Crippen LogP contribution is -2.66. The number of fused-ring (bicyclic) bond motifs is 5. The van der Waals surface area contributed by atoms with Crippen LogP contribution in [0.2, 0.25) is 0 Å². The number of aliphatic hydroxyl groups is 1. The van der Waals surface area contributed by atoms with Crippen LogP contribution in [0.15, 0.2) is 57.2 Å². The number of carbonyl (C=O) groups excluding carboxylic acids is 4. The molecule has 0 unspecified atom stereocenters. The number of hydrogen-bond acceptors (Lipinski definition) is 16. The Morgan fingerprint density at radius 3 is 1.49 bits per heavy atom. The van der Waals surface area contributed by atoms with E-state index in [1.165, 1.54) is 32.9 Å². The van der Waals surface area contributed by atoms with Gasteiger partial charge in [0.05, 0.1) is 27.0 Å². The Kier molecular flexibility index (Phi) is 9.52. The summed E-state index contributed by atoms with van der Waals surface area (Å²) in [5, 5.41) is 82.2. The first-order valence-corrected chi connectivity index (χ1v) is 23.6. The molecule has 8 aromatic carbocycles. The van der Waals surface area contributed by atoms with E-state index in [-0.39, 0.29) is 78.6 Å². The zero-order valence-corrected chi connectivity index (χ0v) is 40.6. The summed E-state index contributed by atoms with van der Waals surface area (Å²) < 4.78 is 16.6. The van der Waals surface area contributed by atoms with E-state index in [1.54, 1.807) is 32.9 Å². The largest absolute Gasteiger partial charge is 0.507 e. The first-order chi connectivity index (χ1) is 33.7. The number of phenols is 6. The van der Waals surface area contributed by atoms with Crippen molar-refractivity contribution in [3.8, 4) is 34.5 Å². The van der Waals surface area contributed by atoms with Crippen LogP contribution >= 0.6 is 0 Å². The lowest BCUT2D eigenvalue weighted by atomic mass is 9.59. The summed E-state index contributed by atoms with van der Waals surface area (Å²) in [6.45, 7) is 14.8. The highest BCUT2D eigenvalue weighted by Crippen LogP contribution is 2.72. The van der Waals surface area contributed by atoms with Crippen molar-refractivity contribution in [3.05, 3.63) is 79.1 Å². The Morgan fingerprint density at radius 2 is 1.03 bits per heavy atom. The van der Waals surface area contributed by atoms with Gasteiger partial charge in [-0.3, -0.25) is 28.8 Å². The third-order valence-electron chi connectivity index (χ3n) is 16.9. The minimum Gasteiger partial charge on any atom is -0.507 e. The molecule has 1 spiro atoms. The van der Waals surface area contributed by atoms with Crippen molar-refractivity contribution in [3.63, 3.8) is 0 Å². The molecule has 16 nitrogen and oxygen atoms in total. The molecule has 0 radical (unpaired) electrons. The monoisotopic (exact) mass is 978 g/mol. The number of Topliss-reactive ketones (excluding diaryl/α,β-unsaturated/α-hetero) is 1. The van der Waals surface area contributed by atoms with E-state index in [0.29, 0.717) is 61.0 Å². The molecule has 12 rings (SSSR count). The second-order valence-electron chi connectivity index (χ2n) is 21.2. The number of phenolic OH excluding ortho intramolecular Hbond substituents is 6. The van der Waals surface area contributed by atoms with E-state index < -0.39 is 92.4 Å². The lowest BCUT2D eigenvalue weighted by molar-refractivity contribution is -0.211. The van der Waals surface area contributed by atoms with Gasteiger partial charge in [-0.2, -0.15) is 0 Å². The summed E-state index contributed by atoms with van der Waals surface area (Å²) in [5.74, 6) is -5.37. The van der Waals surface area contributed by atoms with Gasteiger partial charge < -0.3 is 50.0 Å². The first kappa shape index (κ1) is 46.7. The number of ketones is 1. The minimum atomic E-state index is -2.09. The third kappa shape index (κ3) is 5.55. The third-order valence-corrected chi connectivity index (χ3v) is 16.9. The fourth-order valence-electron chi connectivity index (χ4n) is 14.2. The van der Waals surface area contributed by atoms with Gasteiger partial charge in [-0.25, -0.2) is 0 Å². The molecule has 0 heterocycles. The number of carbonyl (C=O) groups is 4. The summed E-state index contributed by atoms with van der Waals surface area (Å²) in [7, 11) is 0. The quantitative estimate of drug-likeness (QED) is 0.0294. The molecule has 0 saturated heterocycles. The fraction of sp³-hybridized carbons (Fsp3) is 0.357. The number of aryl methyl sites for hydroxylation is 2. The van der Waals surface area contributed by atoms with Crippen molar-refractivity contribution >= 4 is 99.1 Å². The highest BCUT2D eigenvalue weighted by atomic mass is 16.6. The van der Waals surface area contributed by atoms with Crippen LogP contribution in [0.25, 0.3) is 75.4 Å². The maximum absolute atomic E-state index is 14.4. The molecular weight excluding hydrogens is 929 g/mol. The van der Waals surface area contributed by atoms with Gasteiger partial charge in [-0.1, -0.05) is 32.9 Å². The Morgan fingerprint density at radius 1 is 0.597 bits per heavy atom. The van der Waals surface area contributed by atoms with E-state index >= 15 is 0 Å². The highest BCUT2D eigenvalue weighted by Gasteiger charge is 2.77. The molecule has 0 aliphatic heterocycles. The molecule has 0 aromatic heterocycles. The van der Waals surface area contributed by atoms with E-state index in [4.69, 9.17) is 14.2 Å². The zero-order chi connectivity index (χ0) is 52.1. The number of rotatable bonds is 4. The lowest BCUT2D eigenvalue weighted by Gasteiger charge is -2.49. The van der Waals surface area contributed by atoms with Gasteiger partial charge in [0.1, 0.15) is 41.1 Å². The molecule has 2 bridgehead atoms. The molecular formula is C56H50O16. The summed E-state index contributed by atoms with van der Waals surface area (Å²) in [6, 6.07) is 4.77. The van der Waals surface area contributed by atoms with Crippen molar-refractivity contribution in [1.82, 2.24) is 0 Å². The smallest absolute Gasteiger partial charge is 0.303 e. The maximum atomic E-state index is 14.4. The number of allylic oxidation sites excluding steroid dienone is 1.